The Labute approximate surface area is 132 Å². The molecule has 22 heavy (non-hydrogen) atoms. The molecule has 0 aromatic heterocycles. The van der Waals surface area contributed by atoms with Crippen LogP contribution >= 0.6 is 0 Å². The zero-order valence-corrected chi connectivity index (χ0v) is 13.8. The second-order valence-corrected chi connectivity index (χ2v) is 6.83. The van der Waals surface area contributed by atoms with E-state index in [9.17, 15) is 15.0 Å². The van der Waals surface area contributed by atoms with Gasteiger partial charge in [0.05, 0.1) is 6.10 Å². The average molecular weight is 312 g/mol. The Kier molecular flexibility index (Phi) is 5.64. The van der Waals surface area contributed by atoms with Crippen LogP contribution < -0.4 is 0 Å². The number of ether oxygens (including phenoxy) is 2. The maximum Gasteiger partial charge on any atom is 0.314 e. The van der Waals surface area contributed by atoms with Crippen molar-refractivity contribution >= 4 is 5.97 Å². The Balaban J connectivity index is 2.01. The molecular formula is C17H28O5. The van der Waals surface area contributed by atoms with Crippen LogP contribution in [0, 0.1) is 17.8 Å². The number of carbonyl (C=O) groups is 1. The molecule has 0 aliphatic carbocycles. The summed E-state index contributed by atoms with van der Waals surface area (Å²) in [6.45, 7) is 8.26. The van der Waals surface area contributed by atoms with E-state index in [0.717, 1.165) is 12.8 Å². The van der Waals surface area contributed by atoms with Gasteiger partial charge < -0.3 is 19.7 Å². The molecule has 5 heteroatoms. The van der Waals surface area contributed by atoms with Gasteiger partial charge in [-0.3, -0.25) is 4.79 Å². The molecule has 0 aromatic rings. The van der Waals surface area contributed by atoms with E-state index in [-0.39, 0.29) is 0 Å². The fraction of sp³-hybridized carbons (Fsp3) is 0.824. The van der Waals surface area contributed by atoms with Gasteiger partial charge in [0.15, 0.2) is 0 Å². The largest absolute Gasteiger partial charge is 0.460 e. The van der Waals surface area contributed by atoms with Crippen molar-refractivity contribution in [1.82, 2.24) is 0 Å². The van der Waals surface area contributed by atoms with E-state index in [0.29, 0.717) is 11.8 Å². The van der Waals surface area contributed by atoms with Crippen LogP contribution in [0.1, 0.15) is 40.5 Å². The Morgan fingerprint density at radius 2 is 1.95 bits per heavy atom. The fourth-order valence-electron chi connectivity index (χ4n) is 3.29. The number of cyclic esters (lactones) is 1. The van der Waals surface area contributed by atoms with E-state index in [4.69, 9.17) is 9.47 Å². The Hall–Kier alpha value is -0.910. The summed E-state index contributed by atoms with van der Waals surface area (Å²) in [5.41, 5.74) is 0. The van der Waals surface area contributed by atoms with Gasteiger partial charge in [-0.15, -0.1) is 0 Å². The predicted octanol–water partition coefficient (Wildman–Crippen LogP) is 1.67. The molecular weight excluding hydrogens is 284 g/mol. The first-order valence-electron chi connectivity index (χ1n) is 8.25. The molecule has 5 nitrogen and oxygen atoms in total. The summed E-state index contributed by atoms with van der Waals surface area (Å²) >= 11 is 0. The highest BCUT2D eigenvalue weighted by Gasteiger charge is 2.54. The molecule has 0 bridgehead atoms. The van der Waals surface area contributed by atoms with E-state index < -0.39 is 42.4 Å². The molecule has 0 amide bonds. The summed E-state index contributed by atoms with van der Waals surface area (Å²) in [7, 11) is 0. The van der Waals surface area contributed by atoms with Gasteiger partial charge in [-0.25, -0.2) is 0 Å². The van der Waals surface area contributed by atoms with Gasteiger partial charge in [-0.2, -0.15) is 0 Å². The summed E-state index contributed by atoms with van der Waals surface area (Å²) < 4.78 is 10.9. The van der Waals surface area contributed by atoms with Crippen molar-refractivity contribution in [2.24, 2.45) is 17.8 Å². The monoisotopic (exact) mass is 312 g/mol. The molecule has 0 spiro atoms. The highest BCUT2D eigenvalue weighted by molar-refractivity contribution is 5.76. The molecule has 0 aromatic carbocycles. The Morgan fingerprint density at radius 3 is 2.59 bits per heavy atom. The SMILES string of the molecule is CC[C@@H](C)C[C@@H](C)/C=C\[C@@H]1O[C@H]2[C@H](C(=O)O[C@H]2C)[C@H](O)[C@H]1O. The number of hydrogen-bond donors (Lipinski definition) is 2. The molecule has 126 valence electrons. The van der Waals surface area contributed by atoms with Crippen LogP contribution in [0.2, 0.25) is 0 Å². The Bertz CT molecular complexity index is 421. The van der Waals surface area contributed by atoms with Gasteiger partial charge in [0.2, 0.25) is 0 Å². The molecule has 2 aliphatic heterocycles. The summed E-state index contributed by atoms with van der Waals surface area (Å²) in [5.74, 6) is -0.254. The number of aliphatic hydroxyl groups excluding tert-OH is 2. The van der Waals surface area contributed by atoms with Crippen LogP contribution in [-0.4, -0.2) is 46.7 Å². The van der Waals surface area contributed by atoms with Gasteiger partial charge >= 0.3 is 5.97 Å². The first-order valence-corrected chi connectivity index (χ1v) is 8.25. The van der Waals surface area contributed by atoms with Crippen molar-refractivity contribution in [3.05, 3.63) is 12.2 Å². The lowest BCUT2D eigenvalue weighted by Gasteiger charge is -2.37. The van der Waals surface area contributed by atoms with Gasteiger partial charge in [0.1, 0.15) is 30.3 Å². The lowest BCUT2D eigenvalue weighted by molar-refractivity contribution is -0.180. The molecule has 0 saturated carbocycles. The van der Waals surface area contributed by atoms with Gasteiger partial charge in [-0.1, -0.05) is 39.3 Å². The number of carbonyl (C=O) groups excluding carboxylic acids is 1. The minimum absolute atomic E-state index is 0.375. The highest BCUT2D eigenvalue weighted by Crippen LogP contribution is 2.35. The first kappa shape index (κ1) is 17.4. The number of aliphatic hydroxyl groups is 2. The van der Waals surface area contributed by atoms with E-state index >= 15 is 0 Å². The highest BCUT2D eigenvalue weighted by atomic mass is 16.6. The summed E-state index contributed by atoms with van der Waals surface area (Å²) in [6.07, 6.45) is 2.30. The number of esters is 1. The second-order valence-electron chi connectivity index (χ2n) is 6.83. The number of hydrogen-bond acceptors (Lipinski definition) is 5. The second kappa shape index (κ2) is 7.11. The summed E-state index contributed by atoms with van der Waals surface area (Å²) in [6, 6.07) is 0. The molecule has 2 N–H and O–H groups in total. The minimum atomic E-state index is -1.14. The smallest absolute Gasteiger partial charge is 0.314 e. The van der Waals surface area contributed by atoms with Gasteiger partial charge in [-0.05, 0) is 25.2 Å². The van der Waals surface area contributed by atoms with Crippen molar-refractivity contribution < 1.29 is 24.5 Å². The van der Waals surface area contributed by atoms with Crippen LogP contribution in [0.4, 0.5) is 0 Å². The maximum atomic E-state index is 11.7. The molecule has 2 heterocycles. The van der Waals surface area contributed by atoms with Gasteiger partial charge in [0.25, 0.3) is 0 Å². The molecule has 2 fully saturated rings. The van der Waals surface area contributed by atoms with E-state index in [1.807, 2.05) is 12.2 Å². The molecule has 2 saturated heterocycles. The van der Waals surface area contributed by atoms with Crippen molar-refractivity contribution in [2.75, 3.05) is 0 Å². The number of allylic oxidation sites excluding steroid dienone is 1. The van der Waals surface area contributed by atoms with Crippen LogP contribution in [0.5, 0.6) is 0 Å². The minimum Gasteiger partial charge on any atom is -0.460 e. The third kappa shape index (κ3) is 3.53. The van der Waals surface area contributed by atoms with E-state index in [2.05, 4.69) is 20.8 Å². The normalized spacial score (nSPS) is 41.3. The lowest BCUT2D eigenvalue weighted by Crippen LogP contribution is -2.55. The number of fused-ring (bicyclic) bond motifs is 1. The zero-order chi connectivity index (χ0) is 16.4. The van der Waals surface area contributed by atoms with Crippen LogP contribution in [0.15, 0.2) is 12.2 Å². The van der Waals surface area contributed by atoms with E-state index in [1.54, 1.807) is 6.92 Å². The van der Waals surface area contributed by atoms with Crippen molar-refractivity contribution in [1.29, 1.82) is 0 Å². The first-order chi connectivity index (χ1) is 10.3. The van der Waals surface area contributed by atoms with Crippen molar-refractivity contribution in [2.45, 2.75) is 71.1 Å². The van der Waals surface area contributed by atoms with Crippen LogP contribution in [-0.2, 0) is 14.3 Å². The zero-order valence-electron chi connectivity index (χ0n) is 13.8. The third-order valence-corrected chi connectivity index (χ3v) is 4.86. The molecule has 0 unspecified atom stereocenters. The number of rotatable bonds is 5. The van der Waals surface area contributed by atoms with Crippen LogP contribution in [0.25, 0.3) is 0 Å². The summed E-state index contributed by atoms with van der Waals surface area (Å²) in [4.78, 5) is 11.7. The fourth-order valence-corrected chi connectivity index (χ4v) is 3.29. The third-order valence-electron chi connectivity index (χ3n) is 4.86. The van der Waals surface area contributed by atoms with Crippen molar-refractivity contribution in [3.63, 3.8) is 0 Å². The lowest BCUT2D eigenvalue weighted by atomic mass is 9.86. The molecule has 8 atom stereocenters. The molecule has 2 aliphatic rings. The van der Waals surface area contributed by atoms with Crippen molar-refractivity contribution in [3.8, 4) is 0 Å². The van der Waals surface area contributed by atoms with Gasteiger partial charge in [0, 0.05) is 0 Å². The standard InChI is InChI=1S/C17H28O5/c1-5-9(2)8-10(3)6-7-12-14(18)15(19)13-16(22-12)11(4)21-17(13)20/h6-7,9-16,18-19H,5,8H2,1-4H3/b7-6-/t9-,10+,11+,12+,13-,14+,15+,16-/m1/s1. The predicted molar refractivity (Wildman–Crippen MR) is 82.1 cm³/mol. The quantitative estimate of drug-likeness (QED) is 0.596. The van der Waals surface area contributed by atoms with E-state index in [1.165, 1.54) is 0 Å². The molecule has 2 rings (SSSR count). The topological polar surface area (TPSA) is 76.0 Å². The summed E-state index contributed by atoms with van der Waals surface area (Å²) in [5, 5.41) is 20.4. The maximum absolute atomic E-state index is 11.7. The Morgan fingerprint density at radius 1 is 1.27 bits per heavy atom. The molecule has 0 radical (unpaired) electrons. The van der Waals surface area contributed by atoms with Crippen LogP contribution in [0.3, 0.4) is 0 Å². The average Bonchev–Trinajstić information content (AvgIpc) is 2.75.